The summed E-state index contributed by atoms with van der Waals surface area (Å²) in [5, 5.41) is 0. The molecule has 3 atom stereocenters. The highest BCUT2D eigenvalue weighted by molar-refractivity contribution is 5.96. The summed E-state index contributed by atoms with van der Waals surface area (Å²) in [6.07, 6.45) is 4.52. The van der Waals surface area contributed by atoms with Gasteiger partial charge in [-0.15, -0.1) is 0 Å². The topological polar surface area (TPSA) is 69.7 Å². The fourth-order valence-electron chi connectivity index (χ4n) is 2.95. The van der Waals surface area contributed by atoms with Crippen LogP contribution in [-0.4, -0.2) is 29.9 Å². The molecule has 0 bridgehead atoms. The second-order valence-electron chi connectivity index (χ2n) is 6.14. The molecule has 0 aromatic rings. The summed E-state index contributed by atoms with van der Waals surface area (Å²) < 4.78 is 10.9. The Labute approximate surface area is 141 Å². The van der Waals surface area contributed by atoms with Gasteiger partial charge in [0.25, 0.3) is 0 Å². The van der Waals surface area contributed by atoms with Gasteiger partial charge in [-0.1, -0.05) is 24.8 Å². The van der Waals surface area contributed by atoms with E-state index in [1.54, 1.807) is 19.1 Å². The molecule has 1 saturated heterocycles. The Kier molecular flexibility index (Phi) is 5.54. The normalized spacial score (nSPS) is 30.6. The minimum atomic E-state index is -0.668. The number of carbonyl (C=O) groups is 3. The minimum absolute atomic E-state index is 0.0422. The predicted octanol–water partition coefficient (Wildman–Crippen LogP) is 2.83. The van der Waals surface area contributed by atoms with Gasteiger partial charge in [0.05, 0.1) is 5.92 Å². The van der Waals surface area contributed by atoms with Crippen LogP contribution in [0.25, 0.3) is 0 Å². The maximum absolute atomic E-state index is 12.1. The molecule has 128 valence electrons. The van der Waals surface area contributed by atoms with Gasteiger partial charge in [0.15, 0.2) is 5.78 Å². The van der Waals surface area contributed by atoms with Crippen LogP contribution in [-0.2, 0) is 23.9 Å². The summed E-state index contributed by atoms with van der Waals surface area (Å²) in [5.41, 5.74) is 1.58. The number of hydrogen-bond acceptors (Lipinski definition) is 5. The fraction of sp³-hybridized carbons (Fsp3) is 0.421. The van der Waals surface area contributed by atoms with E-state index in [9.17, 15) is 14.4 Å². The molecule has 1 heterocycles. The molecule has 0 radical (unpaired) electrons. The third-order valence-corrected chi connectivity index (χ3v) is 4.27. The zero-order valence-electron chi connectivity index (χ0n) is 14.0. The van der Waals surface area contributed by atoms with Gasteiger partial charge in [0, 0.05) is 24.5 Å². The zero-order valence-corrected chi connectivity index (χ0v) is 14.0. The van der Waals surface area contributed by atoms with Crippen molar-refractivity contribution in [2.75, 3.05) is 0 Å². The highest BCUT2D eigenvalue weighted by atomic mass is 16.6. The number of allylic oxidation sites excluding steroid dienone is 2. The van der Waals surface area contributed by atoms with Gasteiger partial charge < -0.3 is 9.47 Å². The van der Waals surface area contributed by atoms with E-state index < -0.39 is 30.1 Å². The first-order chi connectivity index (χ1) is 11.3. The largest absolute Gasteiger partial charge is 0.458 e. The van der Waals surface area contributed by atoms with Crippen LogP contribution in [0.5, 0.6) is 0 Å². The molecule has 1 aliphatic heterocycles. The standard InChI is InChI=1S/C19H22O5/c1-5-6-17(21)23-15-9-11(2)7-8-14(20)12(3)10-16-18(15)13(4)19(22)24-16/h5-6,9,15-16,18H,3-4,7-8,10H2,1-2H3/b6-5-,11-9+/t15-,16+,18-/m1/s1. The van der Waals surface area contributed by atoms with Gasteiger partial charge in [-0.25, -0.2) is 9.59 Å². The van der Waals surface area contributed by atoms with Crippen LogP contribution in [0.15, 0.2) is 48.1 Å². The fourth-order valence-corrected chi connectivity index (χ4v) is 2.95. The number of rotatable bonds is 2. The third-order valence-electron chi connectivity index (χ3n) is 4.27. The van der Waals surface area contributed by atoms with E-state index in [0.717, 1.165) is 5.57 Å². The molecule has 1 fully saturated rings. The Morgan fingerprint density at radius 2 is 2.04 bits per heavy atom. The Morgan fingerprint density at radius 1 is 1.33 bits per heavy atom. The average Bonchev–Trinajstić information content (AvgIpc) is 2.78. The second kappa shape index (κ2) is 7.43. The van der Waals surface area contributed by atoms with Crippen molar-refractivity contribution in [3.63, 3.8) is 0 Å². The lowest BCUT2D eigenvalue weighted by Crippen LogP contribution is -2.33. The quantitative estimate of drug-likeness (QED) is 0.442. The first kappa shape index (κ1) is 17.9. The number of ketones is 1. The molecule has 24 heavy (non-hydrogen) atoms. The zero-order chi connectivity index (χ0) is 17.9. The minimum Gasteiger partial charge on any atom is -0.458 e. The molecule has 0 spiro atoms. The number of fused-ring (bicyclic) bond motifs is 1. The van der Waals surface area contributed by atoms with Crippen molar-refractivity contribution in [2.24, 2.45) is 5.92 Å². The van der Waals surface area contributed by atoms with Crippen LogP contribution in [0.3, 0.4) is 0 Å². The molecule has 0 aromatic carbocycles. The molecular weight excluding hydrogens is 308 g/mol. The molecule has 0 N–H and O–H groups in total. The molecule has 2 aliphatic rings. The lowest BCUT2D eigenvalue weighted by atomic mass is 9.84. The molecule has 0 saturated carbocycles. The number of Topliss-reactive ketones (excluding diaryl/α,β-unsaturated/α-hetero) is 1. The van der Waals surface area contributed by atoms with E-state index in [1.807, 2.05) is 6.92 Å². The predicted molar refractivity (Wildman–Crippen MR) is 89.0 cm³/mol. The Hall–Kier alpha value is -2.43. The molecule has 0 amide bonds. The van der Waals surface area contributed by atoms with E-state index in [2.05, 4.69) is 13.2 Å². The molecule has 5 nitrogen and oxygen atoms in total. The summed E-state index contributed by atoms with van der Waals surface area (Å²) in [6.45, 7) is 11.2. The average molecular weight is 330 g/mol. The lowest BCUT2D eigenvalue weighted by Gasteiger charge is -2.26. The van der Waals surface area contributed by atoms with Crippen LogP contribution >= 0.6 is 0 Å². The van der Waals surface area contributed by atoms with E-state index >= 15 is 0 Å². The first-order valence-electron chi connectivity index (χ1n) is 7.94. The Bertz CT molecular complexity index is 653. The summed E-state index contributed by atoms with van der Waals surface area (Å²) in [7, 11) is 0. The monoisotopic (exact) mass is 330 g/mol. The maximum Gasteiger partial charge on any atom is 0.334 e. The van der Waals surface area contributed by atoms with E-state index in [1.165, 1.54) is 6.08 Å². The molecular formula is C19H22O5. The van der Waals surface area contributed by atoms with Crippen molar-refractivity contribution in [2.45, 2.75) is 45.3 Å². The van der Waals surface area contributed by atoms with Crippen molar-refractivity contribution < 1.29 is 23.9 Å². The molecule has 1 aliphatic carbocycles. The van der Waals surface area contributed by atoms with E-state index in [0.29, 0.717) is 18.4 Å². The van der Waals surface area contributed by atoms with Crippen molar-refractivity contribution in [3.05, 3.63) is 48.1 Å². The summed E-state index contributed by atoms with van der Waals surface area (Å²) in [6, 6.07) is 0. The van der Waals surface area contributed by atoms with Gasteiger partial charge in [0.1, 0.15) is 12.2 Å². The van der Waals surface area contributed by atoms with Crippen LogP contribution in [0.2, 0.25) is 0 Å². The smallest absolute Gasteiger partial charge is 0.334 e. The Balaban J connectivity index is 2.40. The molecule has 5 heteroatoms. The first-order valence-corrected chi connectivity index (χ1v) is 7.94. The van der Waals surface area contributed by atoms with Crippen LogP contribution < -0.4 is 0 Å². The molecule has 2 rings (SSSR count). The van der Waals surface area contributed by atoms with Gasteiger partial charge in [-0.2, -0.15) is 0 Å². The van der Waals surface area contributed by atoms with Crippen LogP contribution in [0.4, 0.5) is 0 Å². The van der Waals surface area contributed by atoms with Crippen molar-refractivity contribution in [1.29, 1.82) is 0 Å². The highest BCUT2D eigenvalue weighted by Crippen LogP contribution is 2.36. The van der Waals surface area contributed by atoms with E-state index in [4.69, 9.17) is 9.47 Å². The van der Waals surface area contributed by atoms with Gasteiger partial charge >= 0.3 is 11.9 Å². The lowest BCUT2D eigenvalue weighted by molar-refractivity contribution is -0.144. The second-order valence-corrected chi connectivity index (χ2v) is 6.14. The number of ether oxygens (including phenoxy) is 2. The van der Waals surface area contributed by atoms with Crippen molar-refractivity contribution in [3.8, 4) is 0 Å². The van der Waals surface area contributed by atoms with Gasteiger partial charge in [-0.3, -0.25) is 4.79 Å². The summed E-state index contributed by atoms with van der Waals surface area (Å²) >= 11 is 0. The SMILES string of the molecule is C=C1C[C@@H]2OC(=O)C(=C)[C@@H]2[C@H](OC(=O)/C=C\C)/C=C(\C)CCC1=O. The summed E-state index contributed by atoms with van der Waals surface area (Å²) in [5.74, 6) is -1.59. The molecule has 0 unspecified atom stereocenters. The van der Waals surface area contributed by atoms with Crippen molar-refractivity contribution >= 4 is 17.7 Å². The third kappa shape index (κ3) is 3.91. The number of esters is 2. The molecule has 0 aromatic heterocycles. The van der Waals surface area contributed by atoms with Crippen LogP contribution in [0, 0.1) is 5.92 Å². The number of hydrogen-bond donors (Lipinski definition) is 0. The van der Waals surface area contributed by atoms with E-state index in [-0.39, 0.29) is 17.8 Å². The maximum atomic E-state index is 12.1. The number of carbonyl (C=O) groups excluding carboxylic acids is 3. The summed E-state index contributed by atoms with van der Waals surface area (Å²) in [4.78, 5) is 35.9. The van der Waals surface area contributed by atoms with Crippen LogP contribution in [0.1, 0.15) is 33.1 Å². The van der Waals surface area contributed by atoms with Crippen molar-refractivity contribution in [1.82, 2.24) is 0 Å². The van der Waals surface area contributed by atoms with Gasteiger partial charge in [-0.05, 0) is 31.9 Å². The van der Waals surface area contributed by atoms with Gasteiger partial charge in [0.2, 0.25) is 0 Å². The highest BCUT2D eigenvalue weighted by Gasteiger charge is 2.45. The Morgan fingerprint density at radius 3 is 2.71 bits per heavy atom.